The van der Waals surface area contributed by atoms with Crippen molar-refractivity contribution in [1.29, 1.82) is 0 Å². The minimum Gasteiger partial charge on any atom is -0.367 e. The van der Waals surface area contributed by atoms with E-state index in [1.165, 1.54) is 6.33 Å². The number of amides is 1. The molecule has 1 aromatic heterocycles. The molecule has 0 radical (unpaired) electrons. The van der Waals surface area contributed by atoms with Gasteiger partial charge in [0.2, 0.25) is 0 Å². The van der Waals surface area contributed by atoms with Crippen molar-refractivity contribution in [3.8, 4) is 0 Å². The normalized spacial score (nSPS) is 19.9. The van der Waals surface area contributed by atoms with Gasteiger partial charge in [-0.2, -0.15) is 5.10 Å². The largest absolute Gasteiger partial charge is 0.367 e. The van der Waals surface area contributed by atoms with E-state index >= 15 is 0 Å². The molecule has 2 atom stereocenters. The first kappa shape index (κ1) is 14.7. The Kier molecular flexibility index (Phi) is 4.48. The minimum absolute atomic E-state index is 0.0125. The third kappa shape index (κ3) is 3.01. The third-order valence-corrected chi connectivity index (χ3v) is 4.08. The first-order valence-electron chi connectivity index (χ1n) is 7.50. The van der Waals surface area contributed by atoms with Crippen LogP contribution in [0.3, 0.4) is 0 Å². The van der Waals surface area contributed by atoms with Crippen molar-refractivity contribution in [2.24, 2.45) is 0 Å². The van der Waals surface area contributed by atoms with Crippen LogP contribution in [0.2, 0.25) is 0 Å². The zero-order valence-corrected chi connectivity index (χ0v) is 12.6. The van der Waals surface area contributed by atoms with Gasteiger partial charge in [-0.1, -0.05) is 30.3 Å². The smallest absolute Gasteiger partial charge is 0.256 e. The zero-order valence-electron chi connectivity index (χ0n) is 12.6. The van der Waals surface area contributed by atoms with Crippen molar-refractivity contribution in [3.05, 3.63) is 48.5 Å². The first-order valence-corrected chi connectivity index (χ1v) is 7.50. The molecule has 0 aliphatic carbocycles. The number of carbonyl (C=O) groups is 1. The second-order valence-electron chi connectivity index (χ2n) is 5.48. The molecule has 1 saturated heterocycles. The average molecular weight is 300 g/mol. The van der Waals surface area contributed by atoms with Crippen LogP contribution in [0.15, 0.2) is 43.0 Å². The highest BCUT2D eigenvalue weighted by atomic mass is 16.5. The molecule has 116 valence electrons. The van der Waals surface area contributed by atoms with E-state index in [0.717, 1.165) is 24.9 Å². The molecular weight excluding hydrogens is 280 g/mol. The maximum atomic E-state index is 12.8. The molecule has 1 aliphatic heterocycles. The van der Waals surface area contributed by atoms with Crippen LogP contribution in [0.1, 0.15) is 30.6 Å². The quantitative estimate of drug-likeness (QED) is 0.864. The molecule has 1 amide bonds. The van der Waals surface area contributed by atoms with Gasteiger partial charge in [0.05, 0.1) is 6.04 Å². The van der Waals surface area contributed by atoms with E-state index in [0.29, 0.717) is 6.54 Å². The molecule has 0 saturated carbocycles. The number of hydrogen-bond acceptors (Lipinski definition) is 4. The lowest BCUT2D eigenvalue weighted by molar-refractivity contribution is -0.144. The van der Waals surface area contributed by atoms with E-state index in [2.05, 4.69) is 10.1 Å². The molecule has 6 heteroatoms. The van der Waals surface area contributed by atoms with Crippen LogP contribution < -0.4 is 0 Å². The maximum absolute atomic E-state index is 12.8. The molecule has 0 spiro atoms. The predicted octanol–water partition coefficient (Wildman–Crippen LogP) is 1.83. The Balaban J connectivity index is 1.73. The van der Waals surface area contributed by atoms with Gasteiger partial charge < -0.3 is 9.64 Å². The van der Waals surface area contributed by atoms with Crippen molar-refractivity contribution in [1.82, 2.24) is 19.7 Å². The molecular formula is C16H20N4O2. The molecule has 22 heavy (non-hydrogen) atoms. The predicted molar refractivity (Wildman–Crippen MR) is 81.1 cm³/mol. The van der Waals surface area contributed by atoms with Crippen molar-refractivity contribution in [3.63, 3.8) is 0 Å². The Morgan fingerprint density at radius 3 is 2.86 bits per heavy atom. The highest BCUT2D eigenvalue weighted by Crippen LogP contribution is 2.25. The maximum Gasteiger partial charge on any atom is 0.256 e. The Morgan fingerprint density at radius 1 is 1.36 bits per heavy atom. The molecule has 2 aromatic rings. The topological polar surface area (TPSA) is 60.2 Å². The first-order chi connectivity index (χ1) is 10.8. The summed E-state index contributed by atoms with van der Waals surface area (Å²) in [7, 11) is 1.58. The van der Waals surface area contributed by atoms with E-state index in [1.54, 1.807) is 13.4 Å². The lowest BCUT2D eigenvalue weighted by Gasteiger charge is -2.34. The van der Waals surface area contributed by atoms with Crippen LogP contribution in [0, 0.1) is 0 Å². The van der Waals surface area contributed by atoms with Crippen LogP contribution in [-0.4, -0.2) is 45.8 Å². The fourth-order valence-electron chi connectivity index (χ4n) is 2.95. The summed E-state index contributed by atoms with van der Waals surface area (Å²) < 4.78 is 7.29. The van der Waals surface area contributed by atoms with Crippen molar-refractivity contribution in [2.75, 3.05) is 20.2 Å². The Hall–Kier alpha value is -2.21. The minimum atomic E-state index is -0.546. The molecule has 1 aliphatic rings. The van der Waals surface area contributed by atoms with Crippen LogP contribution in [-0.2, 0) is 9.53 Å². The monoisotopic (exact) mass is 300 g/mol. The number of carbonyl (C=O) groups excluding carboxylic acids is 1. The van der Waals surface area contributed by atoms with E-state index in [9.17, 15) is 4.79 Å². The van der Waals surface area contributed by atoms with Gasteiger partial charge in [-0.25, -0.2) is 9.67 Å². The van der Waals surface area contributed by atoms with E-state index in [-0.39, 0.29) is 11.9 Å². The summed E-state index contributed by atoms with van der Waals surface area (Å²) in [5, 5.41) is 4.19. The van der Waals surface area contributed by atoms with Gasteiger partial charge in [0.15, 0.2) is 6.10 Å². The van der Waals surface area contributed by atoms with Crippen LogP contribution in [0.5, 0.6) is 0 Å². The molecule has 1 aromatic carbocycles. The van der Waals surface area contributed by atoms with Gasteiger partial charge in [-0.05, 0) is 18.4 Å². The van der Waals surface area contributed by atoms with E-state index in [4.69, 9.17) is 4.74 Å². The number of nitrogens with zero attached hydrogens (tertiary/aromatic N) is 4. The summed E-state index contributed by atoms with van der Waals surface area (Å²) in [6.45, 7) is 1.41. The van der Waals surface area contributed by atoms with Crippen LogP contribution in [0.25, 0.3) is 0 Å². The number of piperidine rings is 1. The molecule has 3 rings (SSSR count). The summed E-state index contributed by atoms with van der Waals surface area (Å²) in [4.78, 5) is 18.7. The summed E-state index contributed by atoms with van der Waals surface area (Å²) in [5.41, 5.74) is 0.887. The Labute approximate surface area is 129 Å². The van der Waals surface area contributed by atoms with E-state index < -0.39 is 6.10 Å². The number of benzene rings is 1. The molecule has 0 N–H and O–H groups in total. The van der Waals surface area contributed by atoms with Gasteiger partial charge in [0.25, 0.3) is 5.91 Å². The summed E-state index contributed by atoms with van der Waals surface area (Å²) in [5.74, 6) is 0.0125. The molecule has 6 nitrogen and oxygen atoms in total. The standard InChI is InChI=1S/C16H20N4O2/c1-22-15(13-6-3-2-4-7-13)16(21)19-9-5-8-14(10-19)20-12-17-11-18-20/h2-4,6-7,11-12,14-15H,5,8-10H2,1H3/t14-,15-/m0/s1. The molecule has 1 fully saturated rings. The number of aromatic nitrogens is 3. The number of likely N-dealkylation sites (tertiary alicyclic amines) is 1. The van der Waals surface area contributed by atoms with Gasteiger partial charge in [-0.15, -0.1) is 0 Å². The fourth-order valence-corrected chi connectivity index (χ4v) is 2.95. The summed E-state index contributed by atoms with van der Waals surface area (Å²) >= 11 is 0. The summed E-state index contributed by atoms with van der Waals surface area (Å²) in [6.07, 6.45) is 4.67. The van der Waals surface area contributed by atoms with E-state index in [1.807, 2.05) is 39.9 Å². The summed E-state index contributed by atoms with van der Waals surface area (Å²) in [6, 6.07) is 9.80. The van der Waals surface area contributed by atoms with Crippen LogP contribution in [0.4, 0.5) is 0 Å². The second-order valence-corrected chi connectivity index (χ2v) is 5.48. The van der Waals surface area contributed by atoms with Gasteiger partial charge >= 0.3 is 0 Å². The lowest BCUT2D eigenvalue weighted by atomic mass is 10.0. The zero-order chi connectivity index (χ0) is 15.4. The number of rotatable bonds is 4. The Bertz CT molecular complexity index is 600. The van der Waals surface area contributed by atoms with Crippen molar-refractivity contribution >= 4 is 5.91 Å². The van der Waals surface area contributed by atoms with Crippen molar-refractivity contribution < 1.29 is 9.53 Å². The molecule has 0 unspecified atom stereocenters. The number of hydrogen-bond donors (Lipinski definition) is 0. The highest BCUT2D eigenvalue weighted by Gasteiger charge is 2.30. The highest BCUT2D eigenvalue weighted by molar-refractivity contribution is 5.82. The van der Waals surface area contributed by atoms with Crippen molar-refractivity contribution in [2.45, 2.75) is 25.0 Å². The molecule has 0 bridgehead atoms. The Morgan fingerprint density at radius 2 is 2.18 bits per heavy atom. The SMILES string of the molecule is CO[C@H](C(=O)N1CCC[C@H](n2cncn2)C1)c1ccccc1. The van der Waals surface area contributed by atoms with Gasteiger partial charge in [0, 0.05) is 20.2 Å². The fraction of sp³-hybridized carbons (Fsp3) is 0.438. The lowest BCUT2D eigenvalue weighted by Crippen LogP contribution is -2.43. The second kappa shape index (κ2) is 6.70. The van der Waals surface area contributed by atoms with Crippen LogP contribution >= 0.6 is 0 Å². The molecule has 2 heterocycles. The van der Waals surface area contributed by atoms with Gasteiger partial charge in [-0.3, -0.25) is 4.79 Å². The van der Waals surface area contributed by atoms with Gasteiger partial charge in [0.1, 0.15) is 12.7 Å². The average Bonchev–Trinajstić information content (AvgIpc) is 3.11. The third-order valence-electron chi connectivity index (χ3n) is 4.08. The number of ether oxygens (including phenoxy) is 1. The number of methoxy groups -OCH3 is 1.